The van der Waals surface area contributed by atoms with Gasteiger partial charge in [0.25, 0.3) is 5.91 Å². The van der Waals surface area contributed by atoms with Gasteiger partial charge in [-0.1, -0.05) is 59.7 Å². The smallest absolute Gasteiger partial charge is 0.408 e. The van der Waals surface area contributed by atoms with Gasteiger partial charge < -0.3 is 25.0 Å². The summed E-state index contributed by atoms with van der Waals surface area (Å²) in [6, 6.07) is 20.2. The third kappa shape index (κ3) is 8.59. The predicted octanol–water partition coefficient (Wildman–Crippen LogP) is 5.59. The normalized spacial score (nSPS) is 12.6. The zero-order chi connectivity index (χ0) is 29.4. The SMILES string of the molecule is COc1ccc(NC(=O)C(c2cc(C)cc(C)c2)N(C)C(=O)C(Cc2ccccc2)NC(=O)OC(C)(C)C)cc1. The molecule has 0 radical (unpaired) electrons. The Morgan fingerprint density at radius 3 is 2.05 bits per heavy atom. The van der Waals surface area contributed by atoms with Crippen LogP contribution in [0.5, 0.6) is 5.75 Å². The van der Waals surface area contributed by atoms with Crippen LogP contribution in [0.2, 0.25) is 0 Å². The molecule has 8 nitrogen and oxygen atoms in total. The molecule has 3 aromatic rings. The van der Waals surface area contributed by atoms with Crippen LogP contribution in [0.15, 0.2) is 72.8 Å². The van der Waals surface area contributed by atoms with Crippen LogP contribution in [0.25, 0.3) is 0 Å². The Bertz CT molecular complexity index is 1300. The maximum atomic E-state index is 14.0. The van der Waals surface area contributed by atoms with Crippen molar-refractivity contribution < 1.29 is 23.9 Å². The van der Waals surface area contributed by atoms with E-state index in [9.17, 15) is 14.4 Å². The number of benzene rings is 3. The second-order valence-electron chi connectivity index (χ2n) is 10.9. The average Bonchev–Trinajstić information content (AvgIpc) is 2.87. The van der Waals surface area contributed by atoms with Gasteiger partial charge in [0.05, 0.1) is 7.11 Å². The van der Waals surface area contributed by atoms with Crippen LogP contribution in [0.3, 0.4) is 0 Å². The van der Waals surface area contributed by atoms with Crippen molar-refractivity contribution in [1.82, 2.24) is 10.2 Å². The number of nitrogens with one attached hydrogen (secondary N) is 2. The van der Waals surface area contributed by atoms with Crippen LogP contribution in [0, 0.1) is 13.8 Å². The van der Waals surface area contributed by atoms with Gasteiger partial charge in [0.1, 0.15) is 23.4 Å². The van der Waals surface area contributed by atoms with Crippen molar-refractivity contribution in [2.75, 3.05) is 19.5 Å². The molecule has 0 aliphatic rings. The largest absolute Gasteiger partial charge is 0.497 e. The molecule has 0 fully saturated rings. The van der Waals surface area contributed by atoms with E-state index in [1.807, 2.05) is 62.4 Å². The summed E-state index contributed by atoms with van der Waals surface area (Å²) in [5.41, 5.74) is 3.27. The number of hydrogen-bond acceptors (Lipinski definition) is 5. The molecule has 0 aliphatic heterocycles. The minimum atomic E-state index is -0.968. The number of methoxy groups -OCH3 is 1. The van der Waals surface area contributed by atoms with E-state index in [1.165, 1.54) is 4.90 Å². The topological polar surface area (TPSA) is 97.0 Å². The molecule has 0 saturated carbocycles. The van der Waals surface area contributed by atoms with E-state index in [1.54, 1.807) is 59.2 Å². The van der Waals surface area contributed by atoms with Gasteiger partial charge in [-0.2, -0.15) is 0 Å². The first-order valence-corrected chi connectivity index (χ1v) is 13.2. The van der Waals surface area contributed by atoms with Gasteiger partial charge >= 0.3 is 6.09 Å². The number of anilines is 1. The first-order valence-electron chi connectivity index (χ1n) is 13.2. The van der Waals surface area contributed by atoms with Crippen molar-refractivity contribution in [2.24, 2.45) is 0 Å². The highest BCUT2D eigenvalue weighted by molar-refractivity contribution is 5.99. The summed E-state index contributed by atoms with van der Waals surface area (Å²) in [6.45, 7) is 9.16. The van der Waals surface area contributed by atoms with E-state index >= 15 is 0 Å². The highest BCUT2D eigenvalue weighted by Crippen LogP contribution is 2.26. The van der Waals surface area contributed by atoms with Crippen molar-refractivity contribution >= 4 is 23.6 Å². The summed E-state index contributed by atoms with van der Waals surface area (Å²) in [5, 5.41) is 5.66. The van der Waals surface area contributed by atoms with Crippen molar-refractivity contribution in [3.05, 3.63) is 95.1 Å². The Kier molecular flexibility index (Phi) is 9.93. The molecule has 3 aromatic carbocycles. The molecule has 0 aromatic heterocycles. The van der Waals surface area contributed by atoms with Crippen LogP contribution in [0.4, 0.5) is 10.5 Å². The number of likely N-dealkylation sites (N-methyl/N-ethyl adjacent to an activating group) is 1. The molecule has 0 bridgehead atoms. The molecule has 0 aliphatic carbocycles. The Labute approximate surface area is 236 Å². The van der Waals surface area contributed by atoms with Crippen molar-refractivity contribution in [2.45, 2.75) is 58.7 Å². The van der Waals surface area contributed by atoms with Crippen molar-refractivity contribution in [3.63, 3.8) is 0 Å². The number of nitrogens with zero attached hydrogens (tertiary/aromatic N) is 1. The first-order chi connectivity index (χ1) is 18.9. The van der Waals surface area contributed by atoms with E-state index in [0.717, 1.165) is 16.7 Å². The van der Waals surface area contributed by atoms with Crippen LogP contribution < -0.4 is 15.4 Å². The number of amides is 3. The molecule has 3 rings (SSSR count). The molecule has 2 N–H and O–H groups in total. The minimum Gasteiger partial charge on any atom is -0.497 e. The Hall–Kier alpha value is -4.33. The standard InChI is InChI=1S/C32H39N3O5/c1-21-17-22(2)19-24(18-21)28(29(36)33-25-13-15-26(39-7)16-14-25)35(6)30(37)27(20-23-11-9-8-10-12-23)34-31(38)40-32(3,4)5/h8-19,27-28H,20H2,1-7H3,(H,33,36)(H,34,38). The number of alkyl carbamates (subject to hydrolysis) is 1. The van der Waals surface area contributed by atoms with E-state index in [2.05, 4.69) is 10.6 Å². The summed E-state index contributed by atoms with van der Waals surface area (Å²) in [5.74, 6) is -0.154. The van der Waals surface area contributed by atoms with Gasteiger partial charge in [-0.3, -0.25) is 9.59 Å². The van der Waals surface area contributed by atoms with E-state index in [0.29, 0.717) is 17.0 Å². The van der Waals surface area contributed by atoms with Gasteiger partial charge in [0.2, 0.25) is 5.91 Å². The van der Waals surface area contributed by atoms with Crippen LogP contribution in [-0.4, -0.2) is 48.6 Å². The quantitative estimate of drug-likeness (QED) is 0.366. The van der Waals surface area contributed by atoms with Crippen LogP contribution in [0.1, 0.15) is 49.1 Å². The van der Waals surface area contributed by atoms with E-state index in [4.69, 9.17) is 9.47 Å². The second kappa shape index (κ2) is 13.2. The highest BCUT2D eigenvalue weighted by atomic mass is 16.6. The summed E-state index contributed by atoms with van der Waals surface area (Å²) < 4.78 is 10.7. The van der Waals surface area contributed by atoms with E-state index in [-0.39, 0.29) is 12.3 Å². The molecule has 212 valence electrons. The fourth-order valence-electron chi connectivity index (χ4n) is 4.48. The van der Waals surface area contributed by atoms with Crippen molar-refractivity contribution in [3.8, 4) is 5.75 Å². The number of hydrogen-bond donors (Lipinski definition) is 2. The molecule has 0 spiro atoms. The lowest BCUT2D eigenvalue weighted by molar-refractivity contribution is -0.139. The lowest BCUT2D eigenvalue weighted by atomic mass is 9.98. The fourth-order valence-corrected chi connectivity index (χ4v) is 4.48. The summed E-state index contributed by atoms with van der Waals surface area (Å²) in [7, 11) is 3.15. The molecule has 40 heavy (non-hydrogen) atoms. The molecular weight excluding hydrogens is 506 g/mol. The number of carbonyl (C=O) groups is 3. The van der Waals surface area contributed by atoms with E-state index < -0.39 is 29.7 Å². The van der Waals surface area contributed by atoms with Crippen LogP contribution in [-0.2, 0) is 20.7 Å². The number of aryl methyl sites for hydroxylation is 2. The number of carbonyl (C=O) groups excluding carboxylic acids is 3. The summed E-state index contributed by atoms with van der Waals surface area (Å²) in [4.78, 5) is 41.9. The Morgan fingerprint density at radius 2 is 1.50 bits per heavy atom. The molecular formula is C32H39N3O5. The van der Waals surface area contributed by atoms with Gasteiger partial charge in [0, 0.05) is 19.2 Å². The molecule has 0 heterocycles. The third-order valence-corrected chi connectivity index (χ3v) is 6.17. The summed E-state index contributed by atoms with van der Waals surface area (Å²) >= 11 is 0. The third-order valence-electron chi connectivity index (χ3n) is 6.17. The average molecular weight is 546 g/mol. The molecule has 3 amide bonds. The van der Waals surface area contributed by atoms with Crippen molar-refractivity contribution in [1.29, 1.82) is 0 Å². The predicted molar refractivity (Wildman–Crippen MR) is 156 cm³/mol. The lowest BCUT2D eigenvalue weighted by Crippen LogP contribution is -2.52. The Morgan fingerprint density at radius 1 is 0.900 bits per heavy atom. The molecule has 2 atom stereocenters. The van der Waals surface area contributed by atoms with Gasteiger partial charge in [-0.15, -0.1) is 0 Å². The monoisotopic (exact) mass is 545 g/mol. The zero-order valence-electron chi connectivity index (χ0n) is 24.3. The van der Waals surface area contributed by atoms with Gasteiger partial charge in [0.15, 0.2) is 0 Å². The minimum absolute atomic E-state index is 0.225. The zero-order valence-corrected chi connectivity index (χ0v) is 24.3. The molecule has 2 unspecified atom stereocenters. The maximum absolute atomic E-state index is 14.0. The second-order valence-corrected chi connectivity index (χ2v) is 10.9. The first kappa shape index (κ1) is 30.2. The van der Waals surface area contributed by atoms with Gasteiger partial charge in [-0.05, 0) is 70.0 Å². The lowest BCUT2D eigenvalue weighted by Gasteiger charge is -2.32. The number of ether oxygens (including phenoxy) is 2. The Balaban J connectivity index is 1.96. The molecule has 0 saturated heterocycles. The maximum Gasteiger partial charge on any atom is 0.408 e. The summed E-state index contributed by atoms with van der Waals surface area (Å²) in [6.07, 6.45) is -0.482. The molecule has 8 heteroatoms. The highest BCUT2D eigenvalue weighted by Gasteiger charge is 2.34. The number of rotatable bonds is 9. The fraction of sp³-hybridized carbons (Fsp3) is 0.344. The van der Waals surface area contributed by atoms with Crippen LogP contribution >= 0.6 is 0 Å². The van der Waals surface area contributed by atoms with Gasteiger partial charge in [-0.25, -0.2) is 4.79 Å².